The summed E-state index contributed by atoms with van der Waals surface area (Å²) >= 11 is 6.97. The van der Waals surface area contributed by atoms with Crippen LogP contribution in [0.25, 0.3) is 0 Å². The molecule has 0 radical (unpaired) electrons. The molecule has 2 aromatic rings. The molecule has 1 saturated carbocycles. The van der Waals surface area contributed by atoms with Gasteiger partial charge in [0.05, 0.1) is 15.6 Å². The number of rotatable bonds is 3. The van der Waals surface area contributed by atoms with E-state index in [0.29, 0.717) is 11.3 Å². The van der Waals surface area contributed by atoms with Crippen LogP contribution in [-0.4, -0.2) is 5.91 Å². The third-order valence-electron chi connectivity index (χ3n) is 4.35. The summed E-state index contributed by atoms with van der Waals surface area (Å²) in [6, 6.07) is 8.17. The van der Waals surface area contributed by atoms with Crippen LogP contribution < -0.4 is 5.32 Å². The molecule has 1 fully saturated rings. The minimum atomic E-state index is -0.266. The summed E-state index contributed by atoms with van der Waals surface area (Å²) < 4.78 is 7.31. The van der Waals surface area contributed by atoms with Gasteiger partial charge in [0.15, 0.2) is 0 Å². The Labute approximate surface area is 146 Å². The predicted molar refractivity (Wildman–Crippen MR) is 93.0 cm³/mol. The number of carbonyl (C=O) groups excluding carboxylic acids is 1. The van der Waals surface area contributed by atoms with E-state index < -0.39 is 0 Å². The van der Waals surface area contributed by atoms with Crippen molar-refractivity contribution in [1.29, 1.82) is 0 Å². The Kier molecular flexibility index (Phi) is 4.21. The maximum absolute atomic E-state index is 12.8. The summed E-state index contributed by atoms with van der Waals surface area (Å²) in [4.78, 5) is 12.8. The van der Waals surface area contributed by atoms with Gasteiger partial charge in [-0.25, -0.2) is 0 Å². The third-order valence-corrected chi connectivity index (χ3v) is 5.80. The van der Waals surface area contributed by atoms with E-state index in [9.17, 15) is 4.79 Å². The highest BCUT2D eigenvalue weighted by molar-refractivity contribution is 9.10. The average molecular weight is 427 g/mol. The minimum Gasteiger partial charge on any atom is -0.465 e. The number of furan rings is 1. The molecule has 0 spiro atoms. The Balaban J connectivity index is 1.91. The lowest BCUT2D eigenvalue weighted by Crippen LogP contribution is -2.50. The van der Waals surface area contributed by atoms with Crippen LogP contribution >= 0.6 is 31.9 Å². The molecule has 0 atom stereocenters. The summed E-state index contributed by atoms with van der Waals surface area (Å²) in [7, 11) is 0. The van der Waals surface area contributed by atoms with Crippen molar-refractivity contribution >= 4 is 37.8 Å². The smallest absolute Gasteiger partial charge is 0.256 e. The first-order valence-electron chi connectivity index (χ1n) is 7.27. The molecule has 1 aromatic heterocycles. The Bertz CT molecular complexity index is 732. The Morgan fingerprint density at radius 1 is 1.23 bits per heavy atom. The van der Waals surface area contributed by atoms with Crippen molar-refractivity contribution in [2.75, 3.05) is 0 Å². The van der Waals surface area contributed by atoms with Gasteiger partial charge in [-0.3, -0.25) is 4.79 Å². The maximum Gasteiger partial charge on any atom is 0.256 e. The van der Waals surface area contributed by atoms with Crippen LogP contribution in [0.2, 0.25) is 0 Å². The van der Waals surface area contributed by atoms with E-state index in [1.807, 2.05) is 26.0 Å². The van der Waals surface area contributed by atoms with Gasteiger partial charge < -0.3 is 9.73 Å². The normalized spacial score (nSPS) is 16.2. The minimum absolute atomic E-state index is 0.0825. The van der Waals surface area contributed by atoms with Crippen LogP contribution in [-0.2, 0) is 5.54 Å². The molecule has 1 aliphatic carbocycles. The average Bonchev–Trinajstić information content (AvgIpc) is 2.67. The second kappa shape index (κ2) is 5.85. The molecular weight excluding hydrogens is 410 g/mol. The Morgan fingerprint density at radius 2 is 1.95 bits per heavy atom. The number of aryl methyl sites for hydroxylation is 2. The quantitative estimate of drug-likeness (QED) is 0.729. The molecule has 3 nitrogen and oxygen atoms in total. The Morgan fingerprint density at radius 3 is 2.45 bits per heavy atom. The Hall–Kier alpha value is -1.07. The van der Waals surface area contributed by atoms with E-state index in [4.69, 9.17) is 4.42 Å². The SMILES string of the molecule is Cc1oc(C)c(C(=O)NC2(c3cccc(Br)c3)CCC2)c1Br. The van der Waals surface area contributed by atoms with Gasteiger partial charge in [-0.15, -0.1) is 0 Å². The topological polar surface area (TPSA) is 42.2 Å². The van der Waals surface area contributed by atoms with Crippen LogP contribution in [0.1, 0.15) is 46.7 Å². The second-order valence-corrected chi connectivity index (χ2v) is 7.51. The highest BCUT2D eigenvalue weighted by Crippen LogP contribution is 2.42. The lowest BCUT2D eigenvalue weighted by molar-refractivity contribution is 0.0821. The van der Waals surface area contributed by atoms with E-state index in [1.165, 1.54) is 0 Å². The van der Waals surface area contributed by atoms with Crippen LogP contribution in [0.4, 0.5) is 0 Å². The third kappa shape index (κ3) is 2.65. The number of benzene rings is 1. The molecule has 1 aromatic carbocycles. The molecule has 0 saturated heterocycles. The van der Waals surface area contributed by atoms with E-state index in [0.717, 1.165) is 39.5 Å². The molecule has 0 aliphatic heterocycles. The van der Waals surface area contributed by atoms with Gasteiger partial charge in [0.1, 0.15) is 11.5 Å². The zero-order valence-electron chi connectivity index (χ0n) is 12.5. The lowest BCUT2D eigenvalue weighted by Gasteiger charge is -2.43. The van der Waals surface area contributed by atoms with Gasteiger partial charge in [-0.1, -0.05) is 28.1 Å². The van der Waals surface area contributed by atoms with Crippen molar-refractivity contribution in [3.05, 3.63) is 55.9 Å². The largest absolute Gasteiger partial charge is 0.465 e. The summed E-state index contributed by atoms with van der Waals surface area (Å²) in [6.45, 7) is 3.67. The maximum atomic E-state index is 12.8. The molecular formula is C17H17Br2NO2. The summed E-state index contributed by atoms with van der Waals surface area (Å²) in [5.41, 5.74) is 1.48. The van der Waals surface area contributed by atoms with Crippen molar-refractivity contribution in [2.45, 2.75) is 38.6 Å². The molecule has 1 aliphatic rings. The fourth-order valence-corrected chi connectivity index (χ4v) is 3.94. The van der Waals surface area contributed by atoms with Crippen molar-refractivity contribution < 1.29 is 9.21 Å². The standard InChI is InChI=1S/C17H17Br2NO2/c1-10-14(15(19)11(2)22-10)16(21)20-17(7-4-8-17)12-5-3-6-13(18)9-12/h3,5-6,9H,4,7-8H2,1-2H3,(H,20,21). The van der Waals surface area contributed by atoms with Crippen molar-refractivity contribution in [1.82, 2.24) is 5.32 Å². The van der Waals surface area contributed by atoms with Crippen molar-refractivity contribution in [2.24, 2.45) is 0 Å². The number of nitrogens with one attached hydrogen (secondary N) is 1. The second-order valence-electron chi connectivity index (χ2n) is 5.80. The van der Waals surface area contributed by atoms with Crippen LogP contribution in [0.3, 0.4) is 0 Å². The fraction of sp³-hybridized carbons (Fsp3) is 0.353. The van der Waals surface area contributed by atoms with Gasteiger partial charge in [-0.2, -0.15) is 0 Å². The van der Waals surface area contributed by atoms with Gasteiger partial charge >= 0.3 is 0 Å². The summed E-state index contributed by atoms with van der Waals surface area (Å²) in [5, 5.41) is 3.23. The van der Waals surface area contributed by atoms with E-state index >= 15 is 0 Å². The number of hydrogen-bond donors (Lipinski definition) is 1. The number of hydrogen-bond acceptors (Lipinski definition) is 2. The molecule has 3 rings (SSSR count). The number of amides is 1. The van der Waals surface area contributed by atoms with Gasteiger partial charge in [-0.05, 0) is 66.7 Å². The molecule has 1 heterocycles. The lowest BCUT2D eigenvalue weighted by atomic mass is 9.71. The number of carbonyl (C=O) groups is 1. The highest BCUT2D eigenvalue weighted by atomic mass is 79.9. The molecule has 5 heteroatoms. The van der Waals surface area contributed by atoms with Crippen LogP contribution in [0.5, 0.6) is 0 Å². The zero-order valence-corrected chi connectivity index (χ0v) is 15.7. The predicted octanol–water partition coefficient (Wildman–Crippen LogP) is 5.23. The van der Waals surface area contributed by atoms with E-state index in [2.05, 4.69) is 49.3 Å². The van der Waals surface area contributed by atoms with Crippen LogP contribution in [0, 0.1) is 13.8 Å². The molecule has 1 N–H and O–H groups in total. The molecule has 1 amide bonds. The van der Waals surface area contributed by atoms with Crippen LogP contribution in [0.15, 0.2) is 37.6 Å². The fourth-order valence-electron chi connectivity index (χ4n) is 3.00. The first-order chi connectivity index (χ1) is 10.4. The molecule has 22 heavy (non-hydrogen) atoms. The highest BCUT2D eigenvalue weighted by Gasteiger charge is 2.41. The van der Waals surface area contributed by atoms with Crippen molar-refractivity contribution in [3.63, 3.8) is 0 Å². The summed E-state index contributed by atoms with van der Waals surface area (Å²) in [5.74, 6) is 1.29. The zero-order chi connectivity index (χ0) is 15.9. The summed E-state index contributed by atoms with van der Waals surface area (Å²) in [6.07, 6.45) is 3.04. The first kappa shape index (κ1) is 15.8. The van der Waals surface area contributed by atoms with Gasteiger partial charge in [0.25, 0.3) is 5.91 Å². The van der Waals surface area contributed by atoms with Gasteiger partial charge in [0.2, 0.25) is 0 Å². The monoisotopic (exact) mass is 425 g/mol. The number of halogens is 2. The molecule has 116 valence electrons. The molecule has 0 bridgehead atoms. The van der Waals surface area contributed by atoms with E-state index in [1.54, 1.807) is 0 Å². The first-order valence-corrected chi connectivity index (χ1v) is 8.85. The molecule has 0 unspecified atom stereocenters. The van der Waals surface area contributed by atoms with Crippen molar-refractivity contribution in [3.8, 4) is 0 Å². The van der Waals surface area contributed by atoms with E-state index in [-0.39, 0.29) is 11.4 Å². The van der Waals surface area contributed by atoms with Gasteiger partial charge in [0, 0.05) is 4.47 Å².